The zero-order valence-corrected chi connectivity index (χ0v) is 11.5. The lowest BCUT2D eigenvalue weighted by atomic mass is 10.0. The Hall–Kier alpha value is -0.570. The summed E-state index contributed by atoms with van der Waals surface area (Å²) in [6.45, 7) is 8.47. The van der Waals surface area contributed by atoms with E-state index in [9.17, 15) is 4.79 Å². The summed E-state index contributed by atoms with van der Waals surface area (Å²) in [5.41, 5.74) is 5.66. The normalized spacial score (nSPS) is 14.9. The minimum Gasteiger partial charge on any atom is -0.343 e. The summed E-state index contributed by atoms with van der Waals surface area (Å²) < 4.78 is 0. The summed E-state index contributed by atoms with van der Waals surface area (Å²) in [6, 6.07) is 0.536. The van der Waals surface area contributed by atoms with Crippen LogP contribution in [0.3, 0.4) is 0 Å². The molecule has 0 aliphatic rings. The Morgan fingerprint density at radius 3 is 2.25 bits per heavy atom. The number of amides is 1. The highest BCUT2D eigenvalue weighted by atomic mass is 16.2. The molecule has 96 valence electrons. The highest BCUT2D eigenvalue weighted by Gasteiger charge is 2.16. The van der Waals surface area contributed by atoms with Crippen LogP contribution in [0.4, 0.5) is 0 Å². The van der Waals surface area contributed by atoms with E-state index in [4.69, 9.17) is 5.73 Å². The average molecular weight is 228 g/mol. The van der Waals surface area contributed by atoms with Crippen LogP contribution in [0, 0.1) is 5.92 Å². The highest BCUT2D eigenvalue weighted by molar-refractivity contribution is 5.76. The molecule has 3 heteroatoms. The van der Waals surface area contributed by atoms with Gasteiger partial charge in [0.1, 0.15) is 0 Å². The summed E-state index contributed by atoms with van der Waals surface area (Å²) in [7, 11) is 1.90. The molecule has 0 bridgehead atoms. The summed E-state index contributed by atoms with van der Waals surface area (Å²) in [5, 5.41) is 0. The van der Waals surface area contributed by atoms with Crippen molar-refractivity contribution >= 4 is 5.91 Å². The quantitative estimate of drug-likeness (QED) is 0.727. The third-order valence-electron chi connectivity index (χ3n) is 2.92. The number of nitrogens with zero attached hydrogens (tertiary/aromatic N) is 1. The van der Waals surface area contributed by atoms with Crippen molar-refractivity contribution in [2.75, 3.05) is 7.05 Å². The molecule has 1 amide bonds. The van der Waals surface area contributed by atoms with Crippen molar-refractivity contribution in [3.8, 4) is 0 Å². The van der Waals surface area contributed by atoms with Gasteiger partial charge >= 0.3 is 0 Å². The van der Waals surface area contributed by atoms with Gasteiger partial charge in [0.15, 0.2) is 0 Å². The number of carbonyl (C=O) groups is 1. The van der Waals surface area contributed by atoms with E-state index in [2.05, 4.69) is 20.8 Å². The summed E-state index contributed by atoms with van der Waals surface area (Å²) in [4.78, 5) is 13.7. The van der Waals surface area contributed by atoms with Gasteiger partial charge < -0.3 is 10.6 Å². The maximum atomic E-state index is 11.8. The Bertz CT molecular complexity index is 202. The van der Waals surface area contributed by atoms with E-state index >= 15 is 0 Å². The van der Waals surface area contributed by atoms with Crippen LogP contribution in [0.1, 0.15) is 53.4 Å². The molecular formula is C13H28N2O. The molecule has 0 radical (unpaired) electrons. The van der Waals surface area contributed by atoms with E-state index in [-0.39, 0.29) is 11.9 Å². The van der Waals surface area contributed by atoms with Crippen LogP contribution in [0.5, 0.6) is 0 Å². The smallest absolute Gasteiger partial charge is 0.222 e. The molecule has 0 spiro atoms. The van der Waals surface area contributed by atoms with Crippen molar-refractivity contribution in [1.82, 2.24) is 4.90 Å². The minimum atomic E-state index is 0.200. The molecule has 0 fully saturated rings. The monoisotopic (exact) mass is 228 g/mol. The van der Waals surface area contributed by atoms with Crippen molar-refractivity contribution < 1.29 is 4.79 Å². The molecule has 16 heavy (non-hydrogen) atoms. The Labute approximate surface area is 100 Å². The van der Waals surface area contributed by atoms with E-state index in [1.165, 1.54) is 0 Å². The molecule has 2 atom stereocenters. The lowest BCUT2D eigenvalue weighted by Crippen LogP contribution is -2.35. The van der Waals surface area contributed by atoms with Gasteiger partial charge in [-0.2, -0.15) is 0 Å². The Morgan fingerprint density at radius 1 is 1.25 bits per heavy atom. The van der Waals surface area contributed by atoms with Crippen LogP contribution >= 0.6 is 0 Å². The molecule has 0 aromatic rings. The van der Waals surface area contributed by atoms with Gasteiger partial charge in [-0.3, -0.25) is 4.79 Å². The number of rotatable bonds is 7. The van der Waals surface area contributed by atoms with E-state index in [1.807, 2.05) is 18.9 Å². The van der Waals surface area contributed by atoms with Crippen LogP contribution in [0.2, 0.25) is 0 Å². The predicted octanol–water partition coefficient (Wildman–Crippen LogP) is 2.40. The number of carbonyl (C=O) groups excluding carboxylic acids is 1. The maximum Gasteiger partial charge on any atom is 0.222 e. The molecule has 0 aliphatic heterocycles. The van der Waals surface area contributed by atoms with Crippen molar-refractivity contribution in [2.45, 2.75) is 65.5 Å². The molecule has 0 aromatic carbocycles. The van der Waals surface area contributed by atoms with Crippen molar-refractivity contribution in [3.05, 3.63) is 0 Å². The van der Waals surface area contributed by atoms with Gasteiger partial charge in [0, 0.05) is 25.6 Å². The Kier molecular flexibility index (Phi) is 7.39. The van der Waals surface area contributed by atoms with E-state index in [0.717, 1.165) is 19.3 Å². The van der Waals surface area contributed by atoms with E-state index < -0.39 is 0 Å². The lowest BCUT2D eigenvalue weighted by Gasteiger charge is -2.26. The number of nitrogens with two attached hydrogens (primary N) is 1. The molecular weight excluding hydrogens is 200 g/mol. The second kappa shape index (κ2) is 7.66. The zero-order chi connectivity index (χ0) is 12.7. The Morgan fingerprint density at radius 2 is 1.81 bits per heavy atom. The van der Waals surface area contributed by atoms with Crippen molar-refractivity contribution in [2.24, 2.45) is 11.7 Å². The molecule has 0 heterocycles. The third kappa shape index (κ3) is 6.83. The maximum absolute atomic E-state index is 11.8. The first-order chi connectivity index (χ1) is 7.34. The molecule has 0 saturated heterocycles. The molecule has 3 nitrogen and oxygen atoms in total. The van der Waals surface area contributed by atoms with Gasteiger partial charge in [-0.05, 0) is 39.0 Å². The van der Waals surface area contributed by atoms with Crippen LogP contribution in [-0.2, 0) is 4.79 Å². The second-order valence-electron chi connectivity index (χ2n) is 5.35. The fourth-order valence-electron chi connectivity index (χ4n) is 1.84. The van der Waals surface area contributed by atoms with Crippen LogP contribution in [0.15, 0.2) is 0 Å². The fraction of sp³-hybridized carbons (Fsp3) is 0.923. The minimum absolute atomic E-state index is 0.200. The Balaban J connectivity index is 3.88. The number of hydrogen-bond donors (Lipinski definition) is 1. The average Bonchev–Trinajstić information content (AvgIpc) is 2.14. The van der Waals surface area contributed by atoms with Crippen molar-refractivity contribution in [3.63, 3.8) is 0 Å². The van der Waals surface area contributed by atoms with Gasteiger partial charge in [0.05, 0.1) is 0 Å². The first kappa shape index (κ1) is 15.4. The second-order valence-corrected chi connectivity index (χ2v) is 5.35. The summed E-state index contributed by atoms with van der Waals surface area (Å²) in [6.07, 6.45) is 3.52. The van der Waals surface area contributed by atoms with Crippen molar-refractivity contribution in [1.29, 1.82) is 0 Å². The molecule has 2 N–H and O–H groups in total. The first-order valence-electron chi connectivity index (χ1n) is 6.35. The lowest BCUT2D eigenvalue weighted by molar-refractivity contribution is -0.132. The molecule has 0 aliphatic carbocycles. The zero-order valence-electron chi connectivity index (χ0n) is 11.5. The molecule has 2 unspecified atom stereocenters. The van der Waals surface area contributed by atoms with E-state index in [1.54, 1.807) is 0 Å². The molecule has 0 saturated carbocycles. The fourth-order valence-corrected chi connectivity index (χ4v) is 1.84. The summed E-state index contributed by atoms with van der Waals surface area (Å²) in [5.74, 6) is 0.878. The first-order valence-corrected chi connectivity index (χ1v) is 6.35. The van der Waals surface area contributed by atoms with Crippen LogP contribution in [-0.4, -0.2) is 29.9 Å². The van der Waals surface area contributed by atoms with E-state index in [0.29, 0.717) is 18.4 Å². The third-order valence-corrected chi connectivity index (χ3v) is 2.92. The van der Waals surface area contributed by atoms with Gasteiger partial charge in [0.2, 0.25) is 5.91 Å². The van der Waals surface area contributed by atoms with Crippen LogP contribution in [0.25, 0.3) is 0 Å². The summed E-state index contributed by atoms with van der Waals surface area (Å²) >= 11 is 0. The molecule has 0 rings (SSSR count). The van der Waals surface area contributed by atoms with Gasteiger partial charge in [-0.25, -0.2) is 0 Å². The topological polar surface area (TPSA) is 46.3 Å². The van der Waals surface area contributed by atoms with Gasteiger partial charge in [-0.1, -0.05) is 13.8 Å². The number of hydrogen-bond acceptors (Lipinski definition) is 2. The van der Waals surface area contributed by atoms with Gasteiger partial charge in [0.25, 0.3) is 0 Å². The standard InChI is InChI=1S/C13H28N2O/c1-10(2)9-12(4)15(5)13(16)8-6-7-11(3)14/h10-12H,6-9,14H2,1-5H3. The molecule has 0 aromatic heterocycles. The van der Waals surface area contributed by atoms with Gasteiger partial charge in [-0.15, -0.1) is 0 Å². The predicted molar refractivity (Wildman–Crippen MR) is 69.2 cm³/mol. The highest BCUT2D eigenvalue weighted by Crippen LogP contribution is 2.11. The largest absolute Gasteiger partial charge is 0.343 e. The SMILES string of the molecule is CC(C)CC(C)N(C)C(=O)CCCC(C)N. The van der Waals surface area contributed by atoms with Crippen LogP contribution < -0.4 is 5.73 Å².